The molecule has 84 valence electrons. The summed E-state index contributed by atoms with van der Waals surface area (Å²) in [5.74, 6) is 2.51. The highest BCUT2D eigenvalue weighted by atomic mass is 127. The number of halogens is 2. The Morgan fingerprint density at radius 1 is 0.875 bits per heavy atom. The Balaban J connectivity index is 5.36. The van der Waals surface area contributed by atoms with Gasteiger partial charge in [-0.25, -0.2) is 9.59 Å². The molecule has 0 amide bonds. The third-order valence-electron chi connectivity index (χ3n) is 1.54. The maximum absolute atomic E-state index is 10.9. The summed E-state index contributed by atoms with van der Waals surface area (Å²) >= 11 is 3.52. The van der Waals surface area contributed by atoms with Crippen molar-refractivity contribution in [2.24, 2.45) is 0 Å². The molecule has 0 bridgehead atoms. The van der Waals surface area contributed by atoms with Crippen molar-refractivity contribution in [1.29, 1.82) is 0 Å². The van der Waals surface area contributed by atoms with E-state index >= 15 is 0 Å². The first-order valence-corrected chi connectivity index (χ1v) is 6.06. The number of aliphatic carboxylic acids is 2. The zero-order chi connectivity index (χ0) is 12.6. The van der Waals surface area contributed by atoms with Crippen LogP contribution in [0, 0.1) is 19.7 Å². The van der Waals surface area contributed by atoms with Gasteiger partial charge in [-0.1, -0.05) is 11.8 Å². The lowest BCUT2D eigenvalue weighted by molar-refractivity contribution is -0.136. The van der Waals surface area contributed by atoms with E-state index < -0.39 is 11.9 Å². The molecular formula is C10H6I2O4. The van der Waals surface area contributed by atoms with Crippen LogP contribution in [-0.2, 0) is 9.59 Å². The molecule has 0 radical (unpaired) electrons. The fourth-order valence-corrected chi connectivity index (χ4v) is 1.25. The quantitative estimate of drug-likeness (QED) is 0.396. The summed E-state index contributed by atoms with van der Waals surface area (Å²) in [6.07, 6.45) is -0.189. The second kappa shape index (κ2) is 8.42. The average molecular weight is 444 g/mol. The van der Waals surface area contributed by atoms with Crippen molar-refractivity contribution >= 4 is 57.1 Å². The van der Waals surface area contributed by atoms with E-state index in [0.29, 0.717) is 0 Å². The van der Waals surface area contributed by atoms with Gasteiger partial charge >= 0.3 is 11.9 Å². The van der Waals surface area contributed by atoms with E-state index in [-0.39, 0.29) is 24.0 Å². The zero-order valence-corrected chi connectivity index (χ0v) is 12.2. The van der Waals surface area contributed by atoms with Gasteiger partial charge in [0.15, 0.2) is 0 Å². The van der Waals surface area contributed by atoms with Gasteiger partial charge in [0.2, 0.25) is 0 Å². The number of carboxylic acids is 2. The van der Waals surface area contributed by atoms with Crippen LogP contribution in [0.1, 0.15) is 12.8 Å². The number of hydrogen-bond donors (Lipinski definition) is 2. The van der Waals surface area contributed by atoms with E-state index in [1.807, 2.05) is 0 Å². The molecule has 0 unspecified atom stereocenters. The van der Waals surface area contributed by atoms with Crippen molar-refractivity contribution in [2.75, 3.05) is 0 Å². The predicted octanol–water partition coefficient (Wildman–Crippen LogP) is 2.02. The summed E-state index contributed by atoms with van der Waals surface area (Å²) < 4.78 is 4.99. The molecule has 0 rings (SSSR count). The van der Waals surface area contributed by atoms with Gasteiger partial charge in [-0.15, -0.1) is 0 Å². The Bertz CT molecular complexity index is 401. The number of carboxylic acid groups (broad SMARTS) is 2. The number of hydrogen-bond acceptors (Lipinski definition) is 2. The van der Waals surface area contributed by atoms with E-state index in [0.717, 1.165) is 0 Å². The van der Waals surface area contributed by atoms with Crippen LogP contribution in [0.3, 0.4) is 0 Å². The minimum atomic E-state index is -1.27. The zero-order valence-electron chi connectivity index (χ0n) is 7.88. The molecule has 0 aromatic heterocycles. The summed E-state index contributed by atoms with van der Waals surface area (Å²) in [7, 11) is 0. The van der Waals surface area contributed by atoms with Crippen LogP contribution >= 0.6 is 45.2 Å². The lowest BCUT2D eigenvalue weighted by Gasteiger charge is -2.02. The molecule has 0 heterocycles. The molecular weight excluding hydrogens is 438 g/mol. The van der Waals surface area contributed by atoms with Crippen LogP contribution in [0.25, 0.3) is 0 Å². The third-order valence-corrected chi connectivity index (χ3v) is 2.31. The lowest BCUT2D eigenvalue weighted by Crippen LogP contribution is -2.11. The van der Waals surface area contributed by atoms with Gasteiger partial charge in [0, 0.05) is 58.0 Å². The Morgan fingerprint density at radius 2 is 1.19 bits per heavy atom. The molecule has 0 saturated carbocycles. The Hall–Kier alpha value is -0.740. The van der Waals surface area contributed by atoms with Crippen LogP contribution in [0.5, 0.6) is 0 Å². The fraction of sp³-hybridized carbons (Fsp3) is 0.200. The van der Waals surface area contributed by atoms with Crippen LogP contribution in [-0.4, -0.2) is 22.2 Å². The van der Waals surface area contributed by atoms with Crippen molar-refractivity contribution in [1.82, 2.24) is 0 Å². The van der Waals surface area contributed by atoms with E-state index in [9.17, 15) is 9.59 Å². The first-order valence-electron chi connectivity index (χ1n) is 3.90. The summed E-state index contributed by atoms with van der Waals surface area (Å²) in [6.45, 7) is 0. The summed E-state index contributed by atoms with van der Waals surface area (Å²) in [6, 6.07) is 0. The molecule has 0 spiro atoms. The molecule has 0 aromatic carbocycles. The van der Waals surface area contributed by atoms with E-state index in [2.05, 4.69) is 19.7 Å². The molecule has 0 aromatic rings. The number of carbonyl (C=O) groups is 2. The van der Waals surface area contributed by atoms with Gasteiger partial charge in [-0.2, -0.15) is 0 Å². The molecule has 0 saturated heterocycles. The van der Waals surface area contributed by atoms with Crippen molar-refractivity contribution in [3.8, 4) is 19.7 Å². The largest absolute Gasteiger partial charge is 0.478 e. The maximum Gasteiger partial charge on any atom is 0.333 e. The minimum absolute atomic E-state index is 0.0944. The smallest absolute Gasteiger partial charge is 0.333 e. The molecule has 0 fully saturated rings. The molecule has 16 heavy (non-hydrogen) atoms. The molecule has 0 atom stereocenters. The van der Waals surface area contributed by atoms with E-state index in [1.165, 1.54) is 0 Å². The molecule has 6 heteroatoms. The minimum Gasteiger partial charge on any atom is -0.478 e. The van der Waals surface area contributed by atoms with Gasteiger partial charge in [0.1, 0.15) is 0 Å². The van der Waals surface area contributed by atoms with Crippen molar-refractivity contribution in [3.05, 3.63) is 11.1 Å². The Kier molecular flexibility index (Phi) is 8.03. The van der Waals surface area contributed by atoms with Crippen LogP contribution in [0.15, 0.2) is 11.1 Å². The Morgan fingerprint density at radius 3 is 1.38 bits per heavy atom. The summed E-state index contributed by atoms with van der Waals surface area (Å²) in [5.41, 5.74) is -0.424. The first-order chi connectivity index (χ1) is 7.54. The van der Waals surface area contributed by atoms with Gasteiger partial charge in [0.05, 0.1) is 11.1 Å². The SMILES string of the molecule is O=C(O)C(CC#CI)=C(CC#CI)C(=O)O. The van der Waals surface area contributed by atoms with Gasteiger partial charge in [-0.05, 0) is 7.85 Å². The van der Waals surface area contributed by atoms with E-state index in [4.69, 9.17) is 10.2 Å². The predicted molar refractivity (Wildman–Crippen MR) is 75.1 cm³/mol. The highest BCUT2D eigenvalue weighted by Crippen LogP contribution is 2.13. The van der Waals surface area contributed by atoms with Crippen LogP contribution in [0.2, 0.25) is 0 Å². The standard InChI is InChI=1S/C10H6I2O4/c11-5-1-3-7(9(13)14)8(10(15)16)4-2-6-12/h3-4H2,(H,13,14)(H,15,16). The monoisotopic (exact) mass is 444 g/mol. The van der Waals surface area contributed by atoms with Crippen molar-refractivity contribution in [3.63, 3.8) is 0 Å². The van der Waals surface area contributed by atoms with Crippen LogP contribution < -0.4 is 0 Å². The molecule has 4 nitrogen and oxygen atoms in total. The second-order valence-corrected chi connectivity index (χ2v) is 3.54. The lowest BCUT2D eigenvalue weighted by atomic mass is 10.0. The van der Waals surface area contributed by atoms with Crippen molar-refractivity contribution < 1.29 is 19.8 Å². The molecule has 0 aliphatic carbocycles. The van der Waals surface area contributed by atoms with E-state index in [1.54, 1.807) is 45.2 Å². The third kappa shape index (κ3) is 5.37. The summed E-state index contributed by atoms with van der Waals surface area (Å²) in [5, 5.41) is 17.8. The highest BCUT2D eigenvalue weighted by Gasteiger charge is 2.18. The highest BCUT2D eigenvalue weighted by molar-refractivity contribution is 14.1. The average Bonchev–Trinajstić information content (AvgIpc) is 2.21. The fourth-order valence-electron chi connectivity index (χ4n) is 0.866. The molecule has 2 N–H and O–H groups in total. The van der Waals surface area contributed by atoms with Gasteiger partial charge in [-0.3, -0.25) is 0 Å². The topological polar surface area (TPSA) is 74.6 Å². The maximum atomic E-state index is 10.9. The first kappa shape index (κ1) is 15.3. The molecule has 0 aliphatic heterocycles. The second-order valence-electron chi connectivity index (χ2n) is 2.46. The number of rotatable bonds is 4. The van der Waals surface area contributed by atoms with Crippen LogP contribution in [0.4, 0.5) is 0 Å². The van der Waals surface area contributed by atoms with Gasteiger partial charge in [0.25, 0.3) is 0 Å². The normalized spacial score (nSPS) is 10.1. The molecule has 0 aliphatic rings. The van der Waals surface area contributed by atoms with Crippen molar-refractivity contribution in [2.45, 2.75) is 12.8 Å². The Labute approximate surface area is 120 Å². The summed E-state index contributed by atoms with van der Waals surface area (Å²) in [4.78, 5) is 21.7. The van der Waals surface area contributed by atoms with Gasteiger partial charge < -0.3 is 10.2 Å².